The number of ether oxygens (including phenoxy) is 1. The van der Waals surface area contributed by atoms with Crippen LogP contribution in [0.1, 0.15) is 37.0 Å². The molecule has 2 amide bonds. The number of fused-ring (bicyclic) bond motifs is 1. The van der Waals surface area contributed by atoms with Gasteiger partial charge in [-0.25, -0.2) is 0 Å². The van der Waals surface area contributed by atoms with Crippen molar-refractivity contribution in [1.29, 1.82) is 0 Å². The van der Waals surface area contributed by atoms with Crippen molar-refractivity contribution >= 4 is 29.3 Å². The van der Waals surface area contributed by atoms with Crippen molar-refractivity contribution in [1.82, 2.24) is 5.32 Å². The summed E-state index contributed by atoms with van der Waals surface area (Å²) in [6, 6.07) is 3.92. The monoisotopic (exact) mass is 348 g/mol. The summed E-state index contributed by atoms with van der Waals surface area (Å²) >= 11 is 0. The van der Waals surface area contributed by atoms with Gasteiger partial charge in [0.2, 0.25) is 5.91 Å². The Hall–Kier alpha value is -2.90. The molecule has 1 aliphatic rings. The quantitative estimate of drug-likeness (QED) is 0.561. The van der Waals surface area contributed by atoms with Crippen molar-refractivity contribution in [3.05, 3.63) is 23.8 Å². The Morgan fingerprint density at radius 3 is 2.72 bits per heavy atom. The predicted octanol–water partition coefficient (Wildman–Crippen LogP) is 0.984. The van der Waals surface area contributed by atoms with E-state index in [9.17, 15) is 19.2 Å². The number of amides is 2. The molecule has 134 valence electrons. The van der Waals surface area contributed by atoms with Crippen LogP contribution < -0.4 is 15.0 Å². The maximum Gasteiger partial charge on any atom is 0.303 e. The van der Waals surface area contributed by atoms with Gasteiger partial charge in [-0.1, -0.05) is 0 Å². The molecule has 1 atom stereocenters. The molecule has 1 heterocycles. The molecule has 0 aliphatic carbocycles. The molecule has 1 unspecified atom stereocenters. The molecule has 2 rings (SSSR count). The number of Topliss-reactive ketones (excluding diaryl/α,β-unsaturated/α-hetero) is 1. The summed E-state index contributed by atoms with van der Waals surface area (Å²) in [5.41, 5.74) is 0.785. The number of aliphatic carboxylic acids is 1. The van der Waals surface area contributed by atoms with Gasteiger partial charge in [-0.3, -0.25) is 24.1 Å². The van der Waals surface area contributed by atoms with Gasteiger partial charge in [0, 0.05) is 18.5 Å². The first-order chi connectivity index (χ1) is 11.8. The van der Waals surface area contributed by atoms with Crippen molar-refractivity contribution in [2.24, 2.45) is 0 Å². The predicted molar refractivity (Wildman–Crippen MR) is 88.8 cm³/mol. The highest BCUT2D eigenvalue weighted by molar-refractivity contribution is 6.05. The van der Waals surface area contributed by atoms with Gasteiger partial charge in [-0.2, -0.15) is 0 Å². The molecule has 1 aliphatic heterocycles. The van der Waals surface area contributed by atoms with Gasteiger partial charge in [0.15, 0.2) is 12.4 Å². The lowest BCUT2D eigenvalue weighted by molar-refractivity contribution is -0.137. The maximum absolute atomic E-state index is 12.3. The first-order valence-electron chi connectivity index (χ1n) is 7.90. The van der Waals surface area contributed by atoms with Crippen LogP contribution in [0.25, 0.3) is 0 Å². The van der Waals surface area contributed by atoms with Crippen molar-refractivity contribution in [2.45, 2.75) is 32.7 Å². The van der Waals surface area contributed by atoms with E-state index >= 15 is 0 Å². The SMILES string of the molecule is CC(=O)c1ccc2c(c1)N(C(C)C(=O)NCCCC(=O)O)C(=O)CO2. The van der Waals surface area contributed by atoms with Crippen LogP contribution in [-0.2, 0) is 14.4 Å². The summed E-state index contributed by atoms with van der Waals surface area (Å²) in [4.78, 5) is 47.9. The lowest BCUT2D eigenvalue weighted by Gasteiger charge is -2.33. The minimum atomic E-state index is -0.934. The third kappa shape index (κ3) is 4.34. The number of hydrogen-bond donors (Lipinski definition) is 2. The zero-order valence-electron chi connectivity index (χ0n) is 14.1. The van der Waals surface area contributed by atoms with E-state index in [0.717, 1.165) is 0 Å². The van der Waals surface area contributed by atoms with E-state index in [2.05, 4.69) is 5.32 Å². The molecule has 0 saturated carbocycles. The molecule has 8 heteroatoms. The minimum absolute atomic E-state index is 0.0457. The number of rotatable bonds is 7. The number of nitrogens with zero attached hydrogens (tertiary/aromatic N) is 1. The summed E-state index contributed by atoms with van der Waals surface area (Å²) in [5.74, 6) is -1.46. The first-order valence-corrected chi connectivity index (χ1v) is 7.90. The number of ketones is 1. The molecule has 2 N–H and O–H groups in total. The van der Waals surface area contributed by atoms with Crippen molar-refractivity contribution in [2.75, 3.05) is 18.1 Å². The van der Waals surface area contributed by atoms with E-state index in [1.54, 1.807) is 19.1 Å². The molecule has 25 heavy (non-hydrogen) atoms. The van der Waals surface area contributed by atoms with Crippen LogP contribution in [0, 0.1) is 0 Å². The third-order valence-corrected chi connectivity index (χ3v) is 3.88. The van der Waals surface area contributed by atoms with Crippen LogP contribution in [0.3, 0.4) is 0 Å². The Balaban J connectivity index is 2.16. The van der Waals surface area contributed by atoms with Gasteiger partial charge < -0.3 is 15.2 Å². The summed E-state index contributed by atoms with van der Waals surface area (Å²) in [6.45, 7) is 2.99. The average Bonchev–Trinajstić information content (AvgIpc) is 2.57. The summed E-state index contributed by atoms with van der Waals surface area (Å²) in [7, 11) is 0. The van der Waals surface area contributed by atoms with Gasteiger partial charge in [-0.05, 0) is 38.5 Å². The molecule has 0 saturated heterocycles. The highest BCUT2D eigenvalue weighted by atomic mass is 16.5. The number of carbonyl (C=O) groups excluding carboxylic acids is 3. The van der Waals surface area contributed by atoms with Crippen molar-refractivity contribution < 1.29 is 29.0 Å². The van der Waals surface area contributed by atoms with Crippen LogP contribution in [0.2, 0.25) is 0 Å². The Morgan fingerprint density at radius 2 is 2.08 bits per heavy atom. The third-order valence-electron chi connectivity index (χ3n) is 3.88. The topological polar surface area (TPSA) is 113 Å². The van der Waals surface area contributed by atoms with E-state index < -0.39 is 17.9 Å². The fourth-order valence-electron chi connectivity index (χ4n) is 2.53. The fourth-order valence-corrected chi connectivity index (χ4v) is 2.53. The van der Waals surface area contributed by atoms with Gasteiger partial charge in [0.25, 0.3) is 5.91 Å². The number of carboxylic acid groups (broad SMARTS) is 1. The summed E-state index contributed by atoms with van der Waals surface area (Å²) < 4.78 is 5.36. The van der Waals surface area contributed by atoms with Crippen LogP contribution in [-0.4, -0.2) is 47.9 Å². The highest BCUT2D eigenvalue weighted by Crippen LogP contribution is 2.34. The second-order valence-electron chi connectivity index (χ2n) is 5.76. The molecule has 0 aromatic heterocycles. The molecule has 0 bridgehead atoms. The van der Waals surface area contributed by atoms with Crippen molar-refractivity contribution in [3.8, 4) is 5.75 Å². The molecule has 0 fully saturated rings. The molecular formula is C17H20N2O6. The largest absolute Gasteiger partial charge is 0.482 e. The Kier molecular flexibility index (Phi) is 5.74. The van der Waals surface area contributed by atoms with Gasteiger partial charge in [-0.15, -0.1) is 0 Å². The number of hydrogen-bond acceptors (Lipinski definition) is 5. The first kappa shape index (κ1) is 18.4. The molecule has 8 nitrogen and oxygen atoms in total. The number of nitrogens with one attached hydrogen (secondary N) is 1. The number of anilines is 1. The Bertz CT molecular complexity index is 715. The number of benzene rings is 1. The van der Waals surface area contributed by atoms with Gasteiger partial charge >= 0.3 is 5.97 Å². The lowest BCUT2D eigenvalue weighted by Crippen LogP contribution is -2.51. The molecule has 1 aromatic carbocycles. The second kappa shape index (κ2) is 7.78. The molecule has 0 radical (unpaired) electrons. The number of carbonyl (C=O) groups is 4. The fraction of sp³-hybridized carbons (Fsp3) is 0.412. The zero-order chi connectivity index (χ0) is 18.6. The second-order valence-corrected chi connectivity index (χ2v) is 5.76. The smallest absolute Gasteiger partial charge is 0.303 e. The average molecular weight is 348 g/mol. The van der Waals surface area contributed by atoms with Gasteiger partial charge in [0.1, 0.15) is 11.8 Å². The zero-order valence-corrected chi connectivity index (χ0v) is 14.1. The molecule has 0 spiro atoms. The minimum Gasteiger partial charge on any atom is -0.482 e. The Labute approximate surface area is 144 Å². The number of carboxylic acids is 1. The van der Waals surface area contributed by atoms with E-state index in [-0.39, 0.29) is 31.3 Å². The van der Waals surface area contributed by atoms with E-state index in [4.69, 9.17) is 9.84 Å². The van der Waals surface area contributed by atoms with Crippen molar-refractivity contribution in [3.63, 3.8) is 0 Å². The Morgan fingerprint density at radius 1 is 1.36 bits per heavy atom. The normalized spacial score (nSPS) is 14.3. The van der Waals surface area contributed by atoms with Crippen LogP contribution in [0.15, 0.2) is 18.2 Å². The summed E-state index contributed by atoms with van der Waals surface area (Å²) in [5, 5.41) is 11.2. The standard InChI is InChI=1S/C17H20N2O6/c1-10(17(24)18-7-3-4-16(22)23)19-13-8-12(11(2)20)5-6-14(13)25-9-15(19)21/h5-6,8,10H,3-4,7,9H2,1-2H3,(H,18,24)(H,22,23). The summed E-state index contributed by atoms with van der Waals surface area (Å²) in [6.07, 6.45) is 0.256. The van der Waals surface area contributed by atoms with Crippen LogP contribution in [0.5, 0.6) is 5.75 Å². The van der Waals surface area contributed by atoms with E-state index in [1.807, 2.05) is 0 Å². The molecular weight excluding hydrogens is 328 g/mol. The van der Waals surface area contributed by atoms with E-state index in [1.165, 1.54) is 17.9 Å². The maximum atomic E-state index is 12.3. The van der Waals surface area contributed by atoms with E-state index in [0.29, 0.717) is 23.4 Å². The lowest BCUT2D eigenvalue weighted by atomic mass is 10.1. The van der Waals surface area contributed by atoms with Gasteiger partial charge in [0.05, 0.1) is 5.69 Å². The van der Waals surface area contributed by atoms with Crippen LogP contribution >= 0.6 is 0 Å². The van der Waals surface area contributed by atoms with Crippen LogP contribution in [0.4, 0.5) is 5.69 Å². The molecule has 1 aromatic rings. The highest BCUT2D eigenvalue weighted by Gasteiger charge is 2.33.